The van der Waals surface area contributed by atoms with E-state index in [9.17, 15) is 0 Å². The number of benzene rings is 3. The third-order valence-electron chi connectivity index (χ3n) is 8.68. The van der Waals surface area contributed by atoms with Gasteiger partial charge in [0, 0.05) is 21.7 Å². The average molecular weight is 475 g/mol. The maximum Gasteiger partial charge on any atom is 0.490 e. The summed E-state index contributed by atoms with van der Waals surface area (Å²) in [4.78, 5) is 0. The van der Waals surface area contributed by atoms with E-state index in [0.717, 1.165) is 21.9 Å². The molecule has 0 radical (unpaired) electrons. The molecule has 0 bridgehead atoms. The number of nitrogens with zero attached hydrogens (tertiary/aromatic N) is 1. The molecule has 2 aliphatic rings. The fourth-order valence-electron chi connectivity index (χ4n) is 5.96. The van der Waals surface area contributed by atoms with Crippen molar-refractivity contribution in [1.82, 2.24) is 4.57 Å². The van der Waals surface area contributed by atoms with Crippen LogP contribution in [0.5, 0.6) is 0 Å². The van der Waals surface area contributed by atoms with Crippen LogP contribution in [0.3, 0.4) is 0 Å². The third-order valence-corrected chi connectivity index (χ3v) is 8.68. The van der Waals surface area contributed by atoms with Crippen LogP contribution in [-0.4, -0.2) is 22.9 Å². The van der Waals surface area contributed by atoms with E-state index in [1.165, 1.54) is 27.3 Å². The quantitative estimate of drug-likeness (QED) is 0.243. The number of para-hydroxylation sites is 2. The Hall–Kier alpha value is -3.28. The van der Waals surface area contributed by atoms with Crippen molar-refractivity contribution in [2.75, 3.05) is 0 Å². The molecule has 1 fully saturated rings. The van der Waals surface area contributed by atoms with Crippen LogP contribution in [0.2, 0.25) is 0 Å². The Morgan fingerprint density at radius 1 is 0.778 bits per heavy atom. The molecular weight excluding hydrogens is 445 g/mol. The van der Waals surface area contributed by atoms with Crippen molar-refractivity contribution in [2.24, 2.45) is 5.92 Å². The van der Waals surface area contributed by atoms with Crippen molar-refractivity contribution < 1.29 is 13.7 Å². The number of allylic oxidation sites excluding steroid dienone is 4. The normalized spacial score (nSPS) is 23.4. The zero-order valence-corrected chi connectivity index (χ0v) is 21.4. The smallest absolute Gasteiger partial charge is 0.455 e. The topological polar surface area (TPSA) is 36.5 Å². The number of hydrogen-bond donors (Lipinski definition) is 0. The highest BCUT2D eigenvalue weighted by molar-refractivity contribution is 6.55. The van der Waals surface area contributed by atoms with Gasteiger partial charge in [-0.15, -0.1) is 0 Å². The average Bonchev–Trinajstić information content (AvgIpc) is 3.46. The van der Waals surface area contributed by atoms with Gasteiger partial charge < -0.3 is 18.3 Å². The summed E-state index contributed by atoms with van der Waals surface area (Å²) < 4.78 is 21.9. The zero-order valence-electron chi connectivity index (χ0n) is 21.4. The first-order chi connectivity index (χ1) is 17.3. The van der Waals surface area contributed by atoms with E-state index < -0.39 is 0 Å². The van der Waals surface area contributed by atoms with Gasteiger partial charge in [-0.1, -0.05) is 61.5 Å². The Balaban J connectivity index is 1.41. The molecule has 2 aromatic heterocycles. The molecular formula is C31H30BNO3. The van der Waals surface area contributed by atoms with Crippen molar-refractivity contribution >= 4 is 50.9 Å². The van der Waals surface area contributed by atoms with Gasteiger partial charge in [0.25, 0.3) is 0 Å². The first kappa shape index (κ1) is 22.0. The molecule has 0 saturated carbocycles. The molecule has 3 aromatic carbocycles. The SMILES string of the molecule is CC1C(B2OC(C)(C)C(C)(C)O2)=CC=CC1n1c2ccccc2c2c3oc4ccccc4c3ccc21. The summed E-state index contributed by atoms with van der Waals surface area (Å²) in [7, 11) is -0.354. The molecule has 0 spiro atoms. The predicted molar refractivity (Wildman–Crippen MR) is 148 cm³/mol. The van der Waals surface area contributed by atoms with Crippen LogP contribution < -0.4 is 0 Å². The van der Waals surface area contributed by atoms with Crippen molar-refractivity contribution in [3.8, 4) is 0 Å². The first-order valence-corrected chi connectivity index (χ1v) is 12.8. The Labute approximate surface area is 211 Å². The summed E-state index contributed by atoms with van der Waals surface area (Å²) in [5.74, 6) is 0.190. The highest BCUT2D eigenvalue weighted by Crippen LogP contribution is 2.46. The van der Waals surface area contributed by atoms with E-state index in [-0.39, 0.29) is 30.3 Å². The number of fused-ring (bicyclic) bond motifs is 7. The van der Waals surface area contributed by atoms with Crippen LogP contribution in [0.15, 0.2) is 88.8 Å². The number of furan rings is 1. The zero-order chi connectivity index (χ0) is 24.8. The van der Waals surface area contributed by atoms with Gasteiger partial charge in [-0.25, -0.2) is 0 Å². The lowest BCUT2D eigenvalue weighted by Gasteiger charge is -2.32. The maximum absolute atomic E-state index is 6.47. The molecule has 5 heteroatoms. The molecule has 2 unspecified atom stereocenters. The van der Waals surface area contributed by atoms with Gasteiger partial charge in [0.1, 0.15) is 11.2 Å². The molecule has 180 valence electrons. The van der Waals surface area contributed by atoms with E-state index in [2.05, 4.69) is 106 Å². The van der Waals surface area contributed by atoms with E-state index in [1.54, 1.807) is 0 Å². The Morgan fingerprint density at radius 2 is 1.47 bits per heavy atom. The van der Waals surface area contributed by atoms with E-state index >= 15 is 0 Å². The highest BCUT2D eigenvalue weighted by Gasteiger charge is 2.53. The lowest BCUT2D eigenvalue weighted by Crippen LogP contribution is -2.41. The van der Waals surface area contributed by atoms with Gasteiger partial charge in [0.2, 0.25) is 0 Å². The Kier molecular flexibility index (Phi) is 4.50. The van der Waals surface area contributed by atoms with Crippen molar-refractivity contribution in [2.45, 2.75) is 51.9 Å². The van der Waals surface area contributed by atoms with Gasteiger partial charge in [-0.05, 0) is 63.4 Å². The number of aromatic nitrogens is 1. The molecule has 5 aromatic rings. The van der Waals surface area contributed by atoms with Crippen LogP contribution in [0, 0.1) is 5.92 Å². The van der Waals surface area contributed by atoms with Crippen LogP contribution in [0.25, 0.3) is 43.7 Å². The minimum atomic E-state index is -0.366. The van der Waals surface area contributed by atoms with Gasteiger partial charge in [-0.2, -0.15) is 0 Å². The van der Waals surface area contributed by atoms with Crippen LogP contribution >= 0.6 is 0 Å². The van der Waals surface area contributed by atoms with Gasteiger partial charge in [0.05, 0.1) is 28.1 Å². The van der Waals surface area contributed by atoms with E-state index in [1.807, 2.05) is 12.1 Å². The second-order valence-electron chi connectivity index (χ2n) is 11.2. The van der Waals surface area contributed by atoms with E-state index in [0.29, 0.717) is 0 Å². The minimum Gasteiger partial charge on any atom is -0.455 e. The van der Waals surface area contributed by atoms with Crippen molar-refractivity contribution in [3.05, 3.63) is 84.4 Å². The molecule has 1 aliphatic heterocycles. The lowest BCUT2D eigenvalue weighted by atomic mass is 9.67. The standard InChI is InChI=1S/C31H30BNO3/c1-19-23(32-35-30(2,3)31(4,5)36-32)13-10-15-24(19)33-25-14-8-6-12-22(25)28-26(33)18-17-21-20-11-7-9-16-27(20)34-29(21)28/h6-19,24H,1-5H3. The molecule has 3 heterocycles. The molecule has 4 nitrogen and oxygen atoms in total. The number of hydrogen-bond acceptors (Lipinski definition) is 3. The second-order valence-corrected chi connectivity index (χ2v) is 11.2. The molecule has 1 aliphatic carbocycles. The van der Waals surface area contributed by atoms with Gasteiger partial charge in [0.15, 0.2) is 0 Å². The summed E-state index contributed by atoms with van der Waals surface area (Å²) in [6, 6.07) is 21.5. The Bertz CT molecular complexity index is 1720. The molecule has 2 atom stereocenters. The fraction of sp³-hybridized carbons (Fsp3) is 0.290. The third kappa shape index (κ3) is 2.90. The molecule has 0 N–H and O–H groups in total. The van der Waals surface area contributed by atoms with Crippen molar-refractivity contribution in [1.29, 1.82) is 0 Å². The molecule has 0 amide bonds. The molecule has 1 saturated heterocycles. The summed E-state index contributed by atoms with van der Waals surface area (Å²) >= 11 is 0. The minimum absolute atomic E-state index is 0.119. The Morgan fingerprint density at radius 3 is 2.25 bits per heavy atom. The van der Waals surface area contributed by atoms with Crippen LogP contribution in [-0.2, 0) is 9.31 Å². The van der Waals surface area contributed by atoms with Gasteiger partial charge >= 0.3 is 7.12 Å². The largest absolute Gasteiger partial charge is 0.490 e. The summed E-state index contributed by atoms with van der Waals surface area (Å²) in [5, 5.41) is 4.70. The summed E-state index contributed by atoms with van der Waals surface area (Å²) in [5.41, 5.74) is 4.71. The van der Waals surface area contributed by atoms with Crippen molar-refractivity contribution in [3.63, 3.8) is 0 Å². The van der Waals surface area contributed by atoms with Crippen LogP contribution in [0.1, 0.15) is 40.7 Å². The van der Waals surface area contributed by atoms with Crippen LogP contribution in [0.4, 0.5) is 0 Å². The summed E-state index contributed by atoms with van der Waals surface area (Å²) in [6.45, 7) is 10.7. The maximum atomic E-state index is 6.47. The van der Waals surface area contributed by atoms with E-state index in [4.69, 9.17) is 13.7 Å². The predicted octanol–water partition coefficient (Wildman–Crippen LogP) is 8.00. The second kappa shape index (κ2) is 7.38. The molecule has 7 rings (SSSR count). The lowest BCUT2D eigenvalue weighted by molar-refractivity contribution is 0.00578. The van der Waals surface area contributed by atoms with Gasteiger partial charge in [-0.3, -0.25) is 0 Å². The summed E-state index contributed by atoms with van der Waals surface area (Å²) in [6.07, 6.45) is 6.63. The highest BCUT2D eigenvalue weighted by atomic mass is 16.7. The monoisotopic (exact) mass is 475 g/mol. The fourth-order valence-corrected chi connectivity index (χ4v) is 5.96. The number of rotatable bonds is 2. The first-order valence-electron chi connectivity index (χ1n) is 12.8. The molecule has 36 heavy (non-hydrogen) atoms.